The summed E-state index contributed by atoms with van der Waals surface area (Å²) in [4.78, 5) is 60.3. The molecule has 0 aromatic heterocycles. The van der Waals surface area contributed by atoms with Gasteiger partial charge in [-0.3, -0.25) is 14.5 Å². The van der Waals surface area contributed by atoms with Crippen molar-refractivity contribution >= 4 is 61.5 Å². The van der Waals surface area contributed by atoms with E-state index in [9.17, 15) is 24.3 Å². The van der Waals surface area contributed by atoms with E-state index in [-0.39, 0.29) is 36.1 Å². The third kappa shape index (κ3) is 9.40. The lowest BCUT2D eigenvalue weighted by molar-refractivity contribution is -0.144. The van der Waals surface area contributed by atoms with Crippen molar-refractivity contribution in [2.45, 2.75) is 70.4 Å². The van der Waals surface area contributed by atoms with Crippen LogP contribution in [0, 0.1) is 11.8 Å². The second kappa shape index (κ2) is 17.6. The van der Waals surface area contributed by atoms with Crippen LogP contribution in [0.5, 0.6) is 5.75 Å². The zero-order chi connectivity index (χ0) is 36.8. The molecule has 2 N–H and O–H groups in total. The number of piperidine rings is 3. The number of urea groups is 1. The molecule has 4 aliphatic rings. The lowest BCUT2D eigenvalue weighted by Crippen LogP contribution is -2.52. The first-order valence-electron chi connectivity index (χ1n) is 18.5. The predicted octanol–water partition coefficient (Wildman–Crippen LogP) is 6.03. The smallest absolute Gasteiger partial charge is 0.410 e. The molecule has 3 saturated heterocycles. The van der Waals surface area contributed by atoms with Crippen molar-refractivity contribution in [1.82, 2.24) is 19.6 Å². The Kier molecular flexibility index (Phi) is 13.0. The van der Waals surface area contributed by atoms with Gasteiger partial charge >= 0.3 is 18.1 Å². The van der Waals surface area contributed by atoms with Crippen LogP contribution in [-0.2, 0) is 31.9 Å². The van der Waals surface area contributed by atoms with Crippen LogP contribution in [0.25, 0.3) is 0 Å². The van der Waals surface area contributed by atoms with E-state index >= 15 is 0 Å². The topological polar surface area (TPSA) is 132 Å². The van der Waals surface area contributed by atoms with Crippen LogP contribution in [0.1, 0.15) is 56.6 Å². The Labute approximate surface area is 322 Å². The average Bonchev–Trinajstić information content (AvgIpc) is 3.31. The highest BCUT2D eigenvalue weighted by molar-refractivity contribution is 9.11. The predicted molar refractivity (Wildman–Crippen MR) is 203 cm³/mol. The van der Waals surface area contributed by atoms with Crippen molar-refractivity contribution in [1.29, 1.82) is 0 Å². The standard InChI is InChI=1S/C38H49Br2N5O7/c1-2-51-34(46)24-42-14-7-26(8-15-42)27-9-16-43(17-10-27)36(48)33(23-25-21-30(39)35(47)31(40)22-25)52-38(50)44-18-12-29(13-19-44)45-20-11-28-5-3-4-6-32(28)41-37(45)49/h3-6,21-22,26-27,29,33,47H,2,7-20,23-24H2,1H3,(H,41,49)/t33-/m1/s1. The number of fused-ring (bicyclic) bond motifs is 1. The fraction of sp³-hybridized carbons (Fsp3) is 0.579. The van der Waals surface area contributed by atoms with E-state index in [4.69, 9.17) is 9.47 Å². The van der Waals surface area contributed by atoms with Crippen LogP contribution in [0.4, 0.5) is 15.3 Å². The van der Waals surface area contributed by atoms with Gasteiger partial charge in [-0.2, -0.15) is 0 Å². The average molecular weight is 848 g/mol. The third-order valence-corrected chi connectivity index (χ3v) is 12.3. The number of aromatic hydroxyl groups is 1. The Morgan fingerprint density at radius 2 is 1.50 bits per heavy atom. The van der Waals surface area contributed by atoms with Crippen molar-refractivity contribution in [3.05, 3.63) is 56.5 Å². The fourth-order valence-corrected chi connectivity index (χ4v) is 9.47. The molecule has 0 bridgehead atoms. The maximum absolute atomic E-state index is 14.1. The van der Waals surface area contributed by atoms with E-state index < -0.39 is 12.2 Å². The van der Waals surface area contributed by atoms with Gasteiger partial charge < -0.3 is 34.6 Å². The van der Waals surface area contributed by atoms with E-state index in [1.807, 2.05) is 41.0 Å². The number of hydrogen-bond acceptors (Lipinski definition) is 8. The molecule has 0 spiro atoms. The Bertz CT molecular complexity index is 1580. The van der Waals surface area contributed by atoms with Crippen molar-refractivity contribution in [3.8, 4) is 5.75 Å². The number of para-hydroxylation sites is 1. The number of nitrogens with one attached hydrogen (secondary N) is 1. The van der Waals surface area contributed by atoms with E-state index in [2.05, 4.69) is 42.1 Å². The minimum absolute atomic E-state index is 0.00594. The Morgan fingerprint density at radius 3 is 2.15 bits per heavy atom. The minimum atomic E-state index is -1.04. The van der Waals surface area contributed by atoms with Gasteiger partial charge in [-0.25, -0.2) is 9.59 Å². The molecular formula is C38H49Br2N5O7. The van der Waals surface area contributed by atoms with Gasteiger partial charge in [-0.15, -0.1) is 0 Å². The van der Waals surface area contributed by atoms with Crippen LogP contribution in [-0.4, -0.2) is 120 Å². The zero-order valence-corrected chi connectivity index (χ0v) is 32.9. The van der Waals surface area contributed by atoms with Gasteiger partial charge in [0.1, 0.15) is 5.75 Å². The summed E-state index contributed by atoms with van der Waals surface area (Å²) >= 11 is 6.77. The summed E-state index contributed by atoms with van der Waals surface area (Å²) in [6, 6.07) is 11.2. The molecule has 4 amide bonds. The van der Waals surface area contributed by atoms with E-state index in [1.54, 1.807) is 17.0 Å². The summed E-state index contributed by atoms with van der Waals surface area (Å²) < 4.78 is 12.1. The van der Waals surface area contributed by atoms with Gasteiger partial charge in [0, 0.05) is 50.9 Å². The summed E-state index contributed by atoms with van der Waals surface area (Å²) in [5.74, 6) is 0.720. The van der Waals surface area contributed by atoms with Crippen molar-refractivity contribution < 1.29 is 33.8 Å². The molecule has 12 nitrogen and oxygen atoms in total. The number of carbonyl (C=O) groups excluding carboxylic acids is 4. The van der Waals surface area contributed by atoms with Gasteiger partial charge in [0.25, 0.3) is 5.91 Å². The van der Waals surface area contributed by atoms with Gasteiger partial charge in [-0.05, 0) is 138 Å². The maximum atomic E-state index is 14.1. The highest BCUT2D eigenvalue weighted by Gasteiger charge is 2.37. The number of phenols is 1. The minimum Gasteiger partial charge on any atom is -0.506 e. The molecular weight excluding hydrogens is 798 g/mol. The Morgan fingerprint density at radius 1 is 0.885 bits per heavy atom. The molecule has 0 unspecified atom stereocenters. The van der Waals surface area contributed by atoms with Crippen LogP contribution < -0.4 is 5.32 Å². The number of amides is 4. The SMILES string of the molecule is CCOC(=O)CN1CCC(C2CCN(C(=O)[C@@H](Cc3cc(Br)c(O)c(Br)c3)OC(=O)N3CCC(N4CCc5ccccc5NC4=O)CC3)CC2)CC1. The first-order chi connectivity index (χ1) is 25.1. The molecule has 4 heterocycles. The van der Waals surface area contributed by atoms with Crippen molar-refractivity contribution in [2.24, 2.45) is 11.8 Å². The number of nitrogens with zero attached hydrogens (tertiary/aromatic N) is 4. The van der Waals surface area contributed by atoms with Gasteiger partial charge in [0.05, 0.1) is 22.1 Å². The number of benzene rings is 2. The van der Waals surface area contributed by atoms with Gasteiger partial charge in [0.2, 0.25) is 0 Å². The molecule has 0 saturated carbocycles. The first-order valence-corrected chi connectivity index (χ1v) is 20.1. The van der Waals surface area contributed by atoms with E-state index in [0.717, 1.165) is 62.0 Å². The summed E-state index contributed by atoms with van der Waals surface area (Å²) in [6.07, 6.45) is 4.39. The summed E-state index contributed by atoms with van der Waals surface area (Å²) in [7, 11) is 0. The number of halogens is 2. The van der Waals surface area contributed by atoms with Crippen molar-refractivity contribution in [3.63, 3.8) is 0 Å². The maximum Gasteiger partial charge on any atom is 0.410 e. The van der Waals surface area contributed by atoms with Crippen LogP contribution in [0.15, 0.2) is 45.3 Å². The second-order valence-electron chi connectivity index (χ2n) is 14.3. The number of likely N-dealkylation sites (tertiary alicyclic amines) is 3. The summed E-state index contributed by atoms with van der Waals surface area (Å²) in [5.41, 5.74) is 2.69. The summed E-state index contributed by atoms with van der Waals surface area (Å²) in [5, 5.41) is 13.3. The van der Waals surface area contributed by atoms with Gasteiger partial charge in [-0.1, -0.05) is 18.2 Å². The molecule has 0 aliphatic carbocycles. The molecule has 2 aromatic carbocycles. The highest BCUT2D eigenvalue weighted by atomic mass is 79.9. The number of carbonyl (C=O) groups is 4. The molecule has 3 fully saturated rings. The van der Waals surface area contributed by atoms with E-state index in [0.29, 0.717) is 79.5 Å². The van der Waals surface area contributed by atoms with Crippen LogP contribution in [0.3, 0.4) is 0 Å². The van der Waals surface area contributed by atoms with Gasteiger partial charge in [0.15, 0.2) is 6.10 Å². The third-order valence-electron chi connectivity index (χ3n) is 11.1. The molecule has 282 valence electrons. The lowest BCUT2D eigenvalue weighted by Gasteiger charge is -2.41. The van der Waals surface area contributed by atoms with Crippen LogP contribution in [0.2, 0.25) is 0 Å². The Balaban J connectivity index is 1.05. The Hall–Kier alpha value is -3.36. The molecule has 14 heteroatoms. The zero-order valence-electron chi connectivity index (χ0n) is 29.7. The molecule has 0 radical (unpaired) electrons. The lowest BCUT2D eigenvalue weighted by atomic mass is 9.78. The number of phenolic OH excluding ortho intramolecular Hbond substituents is 1. The quantitative estimate of drug-likeness (QED) is 0.293. The monoisotopic (exact) mass is 845 g/mol. The van der Waals surface area contributed by atoms with Crippen LogP contribution >= 0.6 is 31.9 Å². The number of esters is 1. The number of anilines is 1. The summed E-state index contributed by atoms with van der Waals surface area (Å²) in [6.45, 7) is 6.93. The largest absolute Gasteiger partial charge is 0.506 e. The van der Waals surface area contributed by atoms with E-state index in [1.165, 1.54) is 0 Å². The van der Waals surface area contributed by atoms with Crippen molar-refractivity contribution in [2.75, 3.05) is 64.3 Å². The second-order valence-corrected chi connectivity index (χ2v) is 16.0. The molecule has 1 atom stereocenters. The normalized spacial score (nSPS) is 20.1. The molecule has 2 aromatic rings. The first kappa shape index (κ1) is 38.4. The number of hydrogen-bond donors (Lipinski definition) is 2. The molecule has 52 heavy (non-hydrogen) atoms. The molecule has 4 aliphatic heterocycles. The number of rotatable bonds is 9. The highest BCUT2D eigenvalue weighted by Crippen LogP contribution is 2.35. The fourth-order valence-electron chi connectivity index (χ4n) is 8.19. The molecule has 6 rings (SSSR count). The number of ether oxygens (including phenoxy) is 2.